The zero-order chi connectivity index (χ0) is 12.3. The van der Waals surface area contributed by atoms with Gasteiger partial charge in [-0.2, -0.15) is 0 Å². The van der Waals surface area contributed by atoms with Gasteiger partial charge in [0.1, 0.15) is 0 Å². The Morgan fingerprint density at radius 3 is 2.53 bits per heavy atom. The molecule has 2 aliphatic rings. The van der Waals surface area contributed by atoms with Crippen molar-refractivity contribution in [3.63, 3.8) is 0 Å². The van der Waals surface area contributed by atoms with Crippen LogP contribution in [0.15, 0.2) is 0 Å². The van der Waals surface area contributed by atoms with E-state index in [2.05, 4.69) is 23.9 Å². The summed E-state index contributed by atoms with van der Waals surface area (Å²) in [6.07, 6.45) is 4.88. The molecule has 0 aromatic heterocycles. The third-order valence-corrected chi connectivity index (χ3v) is 4.55. The second-order valence-electron chi connectivity index (χ2n) is 5.77. The molecule has 0 bridgehead atoms. The van der Waals surface area contributed by atoms with Crippen LogP contribution in [0.3, 0.4) is 0 Å². The molecule has 0 amide bonds. The molecule has 17 heavy (non-hydrogen) atoms. The average Bonchev–Trinajstić information content (AvgIpc) is 2.39. The summed E-state index contributed by atoms with van der Waals surface area (Å²) >= 11 is 0. The molecule has 0 aliphatic carbocycles. The Kier molecular flexibility index (Phi) is 4.42. The first-order valence-corrected chi connectivity index (χ1v) is 6.87. The Morgan fingerprint density at radius 2 is 2.06 bits per heavy atom. The molecule has 0 saturated carbocycles. The van der Waals surface area contributed by atoms with Crippen molar-refractivity contribution in [3.8, 4) is 0 Å². The molecular formula is C13H27N3O. The molecule has 0 radical (unpaired) electrons. The average molecular weight is 241 g/mol. The van der Waals surface area contributed by atoms with Crippen molar-refractivity contribution in [2.75, 3.05) is 46.9 Å². The Hall–Kier alpha value is -0.160. The van der Waals surface area contributed by atoms with Crippen LogP contribution in [-0.4, -0.2) is 68.3 Å². The highest BCUT2D eigenvalue weighted by Crippen LogP contribution is 2.29. The summed E-state index contributed by atoms with van der Waals surface area (Å²) in [7, 11) is 4.37. The van der Waals surface area contributed by atoms with E-state index >= 15 is 0 Å². The highest BCUT2D eigenvalue weighted by Gasteiger charge is 2.39. The Labute approximate surface area is 105 Å². The topological polar surface area (TPSA) is 41.7 Å². The monoisotopic (exact) mass is 241 g/mol. The number of piperidine rings is 1. The van der Waals surface area contributed by atoms with Gasteiger partial charge in [-0.05, 0) is 39.8 Å². The zero-order valence-electron chi connectivity index (χ0n) is 11.3. The largest absolute Gasteiger partial charge is 0.379 e. The lowest BCUT2D eigenvalue weighted by Gasteiger charge is -2.49. The summed E-state index contributed by atoms with van der Waals surface area (Å²) in [5.41, 5.74) is 6.17. The summed E-state index contributed by atoms with van der Waals surface area (Å²) in [6, 6.07) is 0.741. The summed E-state index contributed by atoms with van der Waals surface area (Å²) in [5, 5.41) is 0. The summed E-state index contributed by atoms with van der Waals surface area (Å²) in [5.74, 6) is 0. The predicted octanol–water partition coefficient (Wildman–Crippen LogP) is 0.520. The maximum atomic E-state index is 6.03. The van der Waals surface area contributed by atoms with Gasteiger partial charge >= 0.3 is 0 Å². The number of ether oxygens (including phenoxy) is 1. The van der Waals surface area contributed by atoms with Crippen molar-refractivity contribution < 1.29 is 4.74 Å². The summed E-state index contributed by atoms with van der Waals surface area (Å²) in [4.78, 5) is 4.94. The lowest BCUT2D eigenvalue weighted by Crippen LogP contribution is -2.61. The number of nitrogens with two attached hydrogens (primary N) is 1. The SMILES string of the molecule is CN(C)C1CCN(C2(CN)CCCOC2)CC1. The van der Waals surface area contributed by atoms with Gasteiger partial charge in [-0.1, -0.05) is 0 Å². The van der Waals surface area contributed by atoms with E-state index in [4.69, 9.17) is 10.5 Å². The van der Waals surface area contributed by atoms with Crippen LogP contribution >= 0.6 is 0 Å². The first kappa shape index (κ1) is 13.3. The normalized spacial score (nSPS) is 33.2. The second kappa shape index (κ2) is 5.65. The molecule has 100 valence electrons. The van der Waals surface area contributed by atoms with Crippen molar-refractivity contribution in [3.05, 3.63) is 0 Å². The molecule has 0 spiro atoms. The molecule has 2 rings (SSSR count). The van der Waals surface area contributed by atoms with Crippen LogP contribution in [0.5, 0.6) is 0 Å². The van der Waals surface area contributed by atoms with Crippen LogP contribution in [0.4, 0.5) is 0 Å². The van der Waals surface area contributed by atoms with E-state index in [1.165, 1.54) is 32.4 Å². The van der Waals surface area contributed by atoms with Crippen molar-refractivity contribution in [1.82, 2.24) is 9.80 Å². The van der Waals surface area contributed by atoms with Crippen molar-refractivity contribution in [1.29, 1.82) is 0 Å². The van der Waals surface area contributed by atoms with Crippen LogP contribution in [0, 0.1) is 0 Å². The third kappa shape index (κ3) is 2.81. The fourth-order valence-corrected chi connectivity index (χ4v) is 3.23. The van der Waals surface area contributed by atoms with Gasteiger partial charge in [0, 0.05) is 32.3 Å². The Bertz CT molecular complexity index is 231. The lowest BCUT2D eigenvalue weighted by molar-refractivity contribution is -0.0582. The van der Waals surface area contributed by atoms with Crippen molar-refractivity contribution in [2.24, 2.45) is 5.73 Å². The molecule has 2 heterocycles. The molecule has 0 aromatic rings. The second-order valence-corrected chi connectivity index (χ2v) is 5.77. The maximum absolute atomic E-state index is 6.03. The summed E-state index contributed by atoms with van der Waals surface area (Å²) in [6.45, 7) is 4.82. The predicted molar refractivity (Wildman–Crippen MR) is 70.1 cm³/mol. The maximum Gasteiger partial charge on any atom is 0.0662 e. The van der Waals surface area contributed by atoms with E-state index in [-0.39, 0.29) is 5.54 Å². The molecule has 4 heteroatoms. The number of rotatable bonds is 3. The number of hydrogen-bond donors (Lipinski definition) is 1. The first-order valence-electron chi connectivity index (χ1n) is 6.87. The minimum atomic E-state index is 0.134. The van der Waals surface area contributed by atoms with Gasteiger partial charge in [-0.3, -0.25) is 4.90 Å². The quantitative estimate of drug-likeness (QED) is 0.782. The van der Waals surface area contributed by atoms with E-state index in [1.54, 1.807) is 0 Å². The molecule has 1 unspecified atom stereocenters. The molecule has 2 aliphatic heterocycles. The molecule has 2 saturated heterocycles. The fraction of sp³-hybridized carbons (Fsp3) is 1.00. The minimum absolute atomic E-state index is 0.134. The number of nitrogens with zero attached hydrogens (tertiary/aromatic N) is 2. The van der Waals surface area contributed by atoms with Gasteiger partial charge < -0.3 is 15.4 Å². The molecule has 1 atom stereocenters. The minimum Gasteiger partial charge on any atom is -0.379 e. The van der Waals surface area contributed by atoms with Gasteiger partial charge in [0.15, 0.2) is 0 Å². The van der Waals surface area contributed by atoms with Gasteiger partial charge in [0.05, 0.1) is 12.1 Å². The molecular weight excluding hydrogens is 214 g/mol. The smallest absolute Gasteiger partial charge is 0.0662 e. The van der Waals surface area contributed by atoms with Crippen molar-refractivity contribution >= 4 is 0 Å². The molecule has 0 aromatic carbocycles. The number of likely N-dealkylation sites (tertiary alicyclic amines) is 1. The number of hydrogen-bond acceptors (Lipinski definition) is 4. The van der Waals surface area contributed by atoms with E-state index in [0.717, 1.165) is 32.2 Å². The van der Waals surface area contributed by atoms with Crippen LogP contribution in [0.2, 0.25) is 0 Å². The molecule has 2 N–H and O–H groups in total. The van der Waals surface area contributed by atoms with E-state index in [1.807, 2.05) is 0 Å². The lowest BCUT2D eigenvalue weighted by atomic mass is 9.87. The van der Waals surface area contributed by atoms with Crippen LogP contribution in [0.1, 0.15) is 25.7 Å². The van der Waals surface area contributed by atoms with Crippen LogP contribution in [-0.2, 0) is 4.74 Å². The fourth-order valence-electron chi connectivity index (χ4n) is 3.23. The standard InChI is InChI=1S/C13H27N3O/c1-15(2)12-4-7-16(8-5-12)13(10-14)6-3-9-17-11-13/h12H,3-11,14H2,1-2H3. The van der Waals surface area contributed by atoms with E-state index < -0.39 is 0 Å². The Balaban J connectivity index is 1.93. The van der Waals surface area contributed by atoms with Gasteiger partial charge in [-0.15, -0.1) is 0 Å². The third-order valence-electron chi connectivity index (χ3n) is 4.55. The van der Waals surface area contributed by atoms with Crippen LogP contribution in [0.25, 0.3) is 0 Å². The highest BCUT2D eigenvalue weighted by molar-refractivity contribution is 4.96. The first-order chi connectivity index (χ1) is 8.18. The molecule has 2 fully saturated rings. The summed E-state index contributed by atoms with van der Waals surface area (Å²) < 4.78 is 5.67. The van der Waals surface area contributed by atoms with Gasteiger partial charge in [-0.25, -0.2) is 0 Å². The van der Waals surface area contributed by atoms with E-state index in [9.17, 15) is 0 Å². The van der Waals surface area contributed by atoms with Crippen LogP contribution < -0.4 is 5.73 Å². The van der Waals surface area contributed by atoms with Crippen molar-refractivity contribution in [2.45, 2.75) is 37.3 Å². The van der Waals surface area contributed by atoms with Gasteiger partial charge in [0.2, 0.25) is 0 Å². The van der Waals surface area contributed by atoms with E-state index in [0.29, 0.717) is 0 Å². The van der Waals surface area contributed by atoms with Gasteiger partial charge in [0.25, 0.3) is 0 Å². The molecule has 4 nitrogen and oxygen atoms in total. The zero-order valence-corrected chi connectivity index (χ0v) is 11.3. The Morgan fingerprint density at radius 1 is 1.35 bits per heavy atom. The highest BCUT2D eigenvalue weighted by atomic mass is 16.5.